The molecule has 7 rings (SSSR count). The number of Topliss-reactive ketones (excluding diaryl/α,β-unsaturated/α-hetero) is 1. The van der Waals surface area contributed by atoms with Crippen molar-refractivity contribution < 1.29 is 38.0 Å². The van der Waals surface area contributed by atoms with Crippen LogP contribution in [-0.4, -0.2) is 47.3 Å². The summed E-state index contributed by atoms with van der Waals surface area (Å²) in [5, 5.41) is 20.3. The van der Waals surface area contributed by atoms with Gasteiger partial charge >= 0.3 is 5.91 Å². The number of aliphatic hydroxyl groups excluding tert-OH is 1. The number of carbonyl (C=O) groups is 2. The third-order valence-electron chi connectivity index (χ3n) is 7.91. The summed E-state index contributed by atoms with van der Waals surface area (Å²) >= 11 is 2.33. The van der Waals surface area contributed by atoms with E-state index < -0.39 is 23.5 Å². The maximum Gasteiger partial charge on any atom is 0.301 e. The SMILES string of the molecule is COc1cc(C2/C(=C(\O)c3ccc4c(c3)OCCO4)C(=O)C(=O)N2c2nnc(SCc3ccccc3F)s2)ccc1OCc1ccccc1. The van der Waals surface area contributed by atoms with E-state index >= 15 is 0 Å². The van der Waals surface area contributed by atoms with Crippen LogP contribution < -0.4 is 23.8 Å². The number of methoxy groups -OCH3 is 1. The first-order chi connectivity index (χ1) is 23.9. The average molecular weight is 698 g/mol. The van der Waals surface area contributed by atoms with Crippen molar-refractivity contribution in [1.82, 2.24) is 10.2 Å². The molecule has 0 bridgehead atoms. The number of amides is 1. The molecule has 4 aromatic carbocycles. The number of anilines is 1. The van der Waals surface area contributed by atoms with E-state index in [1.165, 1.54) is 29.8 Å². The second-order valence-corrected chi connectivity index (χ2v) is 13.1. The summed E-state index contributed by atoms with van der Waals surface area (Å²) in [7, 11) is 1.49. The van der Waals surface area contributed by atoms with E-state index in [0.717, 1.165) is 16.9 Å². The third kappa shape index (κ3) is 6.54. The largest absolute Gasteiger partial charge is 0.507 e. The van der Waals surface area contributed by atoms with Crippen LogP contribution in [-0.2, 0) is 21.9 Å². The van der Waals surface area contributed by atoms with Crippen LogP contribution in [0.5, 0.6) is 23.0 Å². The zero-order valence-corrected chi connectivity index (χ0v) is 27.6. The molecule has 1 aromatic heterocycles. The van der Waals surface area contributed by atoms with Crippen molar-refractivity contribution in [3.8, 4) is 23.0 Å². The van der Waals surface area contributed by atoms with Crippen LogP contribution in [0.1, 0.15) is 28.3 Å². The highest BCUT2D eigenvalue weighted by molar-refractivity contribution is 8.00. The minimum atomic E-state index is -1.11. The van der Waals surface area contributed by atoms with E-state index in [4.69, 9.17) is 18.9 Å². The summed E-state index contributed by atoms with van der Waals surface area (Å²) < 4.78 is 37.8. The number of aromatic nitrogens is 2. The molecule has 1 N–H and O–H groups in total. The maximum absolute atomic E-state index is 14.3. The molecule has 0 spiro atoms. The summed E-state index contributed by atoms with van der Waals surface area (Å²) in [5.41, 5.74) is 2.02. The number of halogens is 1. The highest BCUT2D eigenvalue weighted by atomic mass is 32.2. The molecular formula is C36H28FN3O7S2. The van der Waals surface area contributed by atoms with Gasteiger partial charge < -0.3 is 24.1 Å². The Balaban J connectivity index is 1.27. The van der Waals surface area contributed by atoms with Crippen molar-refractivity contribution in [2.45, 2.75) is 22.7 Å². The van der Waals surface area contributed by atoms with E-state index in [0.29, 0.717) is 51.7 Å². The normalized spacial score (nSPS) is 16.5. The molecule has 3 heterocycles. The van der Waals surface area contributed by atoms with Gasteiger partial charge in [-0.1, -0.05) is 77.7 Å². The van der Waals surface area contributed by atoms with Gasteiger partial charge in [-0.05, 0) is 53.1 Å². The number of hydrogen-bond acceptors (Lipinski definition) is 11. The second-order valence-electron chi connectivity index (χ2n) is 10.9. The Morgan fingerprint density at radius 2 is 1.73 bits per heavy atom. The summed E-state index contributed by atoms with van der Waals surface area (Å²) in [4.78, 5) is 28.8. The number of carbonyl (C=O) groups excluding carboxylic acids is 2. The van der Waals surface area contributed by atoms with Gasteiger partial charge in [0.25, 0.3) is 5.78 Å². The first kappa shape index (κ1) is 32.2. The maximum atomic E-state index is 14.3. The van der Waals surface area contributed by atoms with E-state index in [9.17, 15) is 19.1 Å². The van der Waals surface area contributed by atoms with Crippen LogP contribution in [0.15, 0.2) is 101 Å². The summed E-state index contributed by atoms with van der Waals surface area (Å²) in [6, 6.07) is 24.8. The molecule has 10 nitrogen and oxygen atoms in total. The lowest BCUT2D eigenvalue weighted by Gasteiger charge is -2.24. The molecule has 1 saturated heterocycles. The van der Waals surface area contributed by atoms with Crippen LogP contribution in [0.25, 0.3) is 5.76 Å². The van der Waals surface area contributed by atoms with E-state index in [2.05, 4.69) is 10.2 Å². The van der Waals surface area contributed by atoms with Crippen LogP contribution >= 0.6 is 23.1 Å². The fourth-order valence-corrected chi connectivity index (χ4v) is 7.37. The smallest absolute Gasteiger partial charge is 0.301 e. The van der Waals surface area contributed by atoms with Crippen molar-refractivity contribution in [3.63, 3.8) is 0 Å². The van der Waals surface area contributed by atoms with Crippen molar-refractivity contribution in [3.05, 3.63) is 125 Å². The molecule has 49 heavy (non-hydrogen) atoms. The van der Waals surface area contributed by atoms with Crippen molar-refractivity contribution >= 4 is 45.7 Å². The Hall–Kier alpha value is -5.40. The summed E-state index contributed by atoms with van der Waals surface area (Å²) in [6.45, 7) is 1.00. The molecular weight excluding hydrogens is 670 g/mol. The zero-order chi connectivity index (χ0) is 33.9. The van der Waals surface area contributed by atoms with Gasteiger partial charge in [-0.25, -0.2) is 4.39 Å². The number of thioether (sulfide) groups is 1. The fraction of sp³-hybridized carbons (Fsp3) is 0.167. The Kier molecular flexibility index (Phi) is 9.18. The first-order valence-corrected chi connectivity index (χ1v) is 17.0. The minimum Gasteiger partial charge on any atom is -0.507 e. The monoisotopic (exact) mass is 697 g/mol. The van der Waals surface area contributed by atoms with Crippen LogP contribution in [0.2, 0.25) is 0 Å². The third-order valence-corrected chi connectivity index (χ3v) is 10.0. The Morgan fingerprint density at radius 1 is 0.959 bits per heavy atom. The van der Waals surface area contributed by atoms with Crippen LogP contribution in [0.3, 0.4) is 0 Å². The van der Waals surface area contributed by atoms with Crippen molar-refractivity contribution in [1.29, 1.82) is 0 Å². The highest BCUT2D eigenvalue weighted by Crippen LogP contribution is 2.46. The quantitative estimate of drug-likeness (QED) is 0.0540. The number of ether oxygens (including phenoxy) is 4. The number of fused-ring (bicyclic) bond motifs is 1. The van der Waals surface area contributed by atoms with Gasteiger partial charge in [0.2, 0.25) is 5.13 Å². The van der Waals surface area contributed by atoms with Crippen molar-refractivity contribution in [2.75, 3.05) is 25.2 Å². The highest BCUT2D eigenvalue weighted by Gasteiger charge is 2.48. The molecule has 248 valence electrons. The number of benzene rings is 4. The van der Waals surface area contributed by atoms with Crippen LogP contribution in [0.4, 0.5) is 9.52 Å². The minimum absolute atomic E-state index is 0.132. The lowest BCUT2D eigenvalue weighted by Crippen LogP contribution is -2.29. The number of rotatable bonds is 10. The molecule has 1 fully saturated rings. The Morgan fingerprint density at radius 3 is 2.53 bits per heavy atom. The first-order valence-electron chi connectivity index (χ1n) is 15.2. The molecule has 1 amide bonds. The lowest BCUT2D eigenvalue weighted by atomic mass is 9.95. The molecule has 2 aliphatic heterocycles. The molecule has 0 saturated carbocycles. The van der Waals surface area contributed by atoms with Gasteiger partial charge in [0.15, 0.2) is 27.3 Å². The Bertz CT molecular complexity index is 2070. The van der Waals surface area contributed by atoms with E-state index in [1.807, 2.05) is 30.3 Å². The Labute approximate surface area is 288 Å². The topological polar surface area (TPSA) is 120 Å². The second kappa shape index (κ2) is 14.0. The van der Waals surface area contributed by atoms with Gasteiger partial charge in [-0.2, -0.15) is 0 Å². The van der Waals surface area contributed by atoms with Gasteiger partial charge in [0.05, 0.1) is 18.7 Å². The van der Waals surface area contributed by atoms with Gasteiger partial charge in [0, 0.05) is 11.3 Å². The summed E-state index contributed by atoms with van der Waals surface area (Å²) in [6.07, 6.45) is 0. The standard InChI is InChI=1S/C36H28FN3O7S2/c1-44-28-17-22(11-13-26(28)47-19-21-7-3-2-4-8-21)31-30(32(41)23-12-14-27-29(18-23)46-16-15-45-27)33(42)34(43)40(31)35-38-39-36(49-35)48-20-24-9-5-6-10-25(24)37/h2-14,17-18,31,41H,15-16,19-20H2,1H3/b32-30+. The molecule has 0 radical (unpaired) electrons. The molecule has 1 unspecified atom stereocenters. The molecule has 2 aliphatic rings. The number of ketones is 1. The predicted octanol–water partition coefficient (Wildman–Crippen LogP) is 6.95. The van der Waals surface area contributed by atoms with Gasteiger partial charge in [-0.3, -0.25) is 14.5 Å². The molecule has 13 heteroatoms. The van der Waals surface area contributed by atoms with Crippen molar-refractivity contribution in [2.24, 2.45) is 0 Å². The number of hydrogen-bond donors (Lipinski definition) is 1. The van der Waals surface area contributed by atoms with Gasteiger partial charge in [0.1, 0.15) is 31.4 Å². The van der Waals surface area contributed by atoms with Gasteiger partial charge in [-0.15, -0.1) is 10.2 Å². The summed E-state index contributed by atoms with van der Waals surface area (Å²) in [5.74, 6) is -0.535. The fourth-order valence-electron chi connectivity index (χ4n) is 5.51. The molecule has 0 aliphatic carbocycles. The predicted molar refractivity (Wildman–Crippen MR) is 182 cm³/mol. The van der Waals surface area contributed by atoms with E-state index in [1.54, 1.807) is 54.6 Å². The lowest BCUT2D eigenvalue weighted by molar-refractivity contribution is -0.132. The van der Waals surface area contributed by atoms with Crippen LogP contribution in [0, 0.1) is 5.82 Å². The zero-order valence-electron chi connectivity index (χ0n) is 26.0. The average Bonchev–Trinajstić information content (AvgIpc) is 3.71. The molecule has 5 aromatic rings. The van der Waals surface area contributed by atoms with E-state index in [-0.39, 0.29) is 34.4 Å². The number of aliphatic hydroxyl groups is 1. The number of nitrogens with zero attached hydrogens (tertiary/aromatic N) is 3. The molecule has 1 atom stereocenters.